The first kappa shape index (κ1) is 14.3. The first-order valence-corrected chi connectivity index (χ1v) is 6.29. The fraction of sp³-hybridized carbons (Fsp3) is 0.444. The molecule has 0 radical (unpaired) electrons. The van der Waals surface area contributed by atoms with Crippen LogP contribution in [-0.2, 0) is 19.6 Å². The van der Waals surface area contributed by atoms with Crippen molar-refractivity contribution in [1.82, 2.24) is 9.97 Å². The number of rotatable bonds is 3. The second-order valence-electron chi connectivity index (χ2n) is 3.54. The van der Waals surface area contributed by atoms with E-state index in [-0.39, 0.29) is 11.4 Å². The van der Waals surface area contributed by atoms with Crippen molar-refractivity contribution in [2.45, 2.75) is 31.9 Å². The third-order valence-corrected chi connectivity index (χ3v) is 2.80. The molecule has 8 nitrogen and oxygen atoms in total. The zero-order valence-electron chi connectivity index (χ0n) is 9.91. The summed E-state index contributed by atoms with van der Waals surface area (Å²) in [6.45, 7) is 3.79. The lowest BCUT2D eigenvalue weighted by atomic mass is 10.2. The predicted octanol–water partition coefficient (Wildman–Crippen LogP) is 0.361. The Morgan fingerprint density at radius 1 is 1.39 bits per heavy atom. The van der Waals surface area contributed by atoms with Gasteiger partial charge in [-0.25, -0.2) is 4.98 Å². The highest BCUT2D eigenvalue weighted by atomic mass is 32.2. The Balaban J connectivity index is 3.46. The molecule has 0 bridgehead atoms. The van der Waals surface area contributed by atoms with Gasteiger partial charge in [-0.2, -0.15) is 13.4 Å². The molecular weight excluding hydrogens is 264 g/mol. The van der Waals surface area contributed by atoms with Gasteiger partial charge in [0.15, 0.2) is 5.03 Å². The van der Waals surface area contributed by atoms with Crippen LogP contribution in [0.3, 0.4) is 0 Å². The summed E-state index contributed by atoms with van der Waals surface area (Å²) in [6.07, 6.45) is -1.11. The molecule has 0 fully saturated rings. The summed E-state index contributed by atoms with van der Waals surface area (Å²) in [5.74, 6) is -1.38. The van der Waals surface area contributed by atoms with E-state index < -0.39 is 33.1 Å². The monoisotopic (exact) mass is 276 g/mol. The minimum atomic E-state index is -4.66. The smallest absolute Gasteiger partial charge is 0.312 e. The maximum atomic E-state index is 11.2. The van der Waals surface area contributed by atoms with Crippen LogP contribution in [0.4, 0.5) is 0 Å². The van der Waals surface area contributed by atoms with Crippen LogP contribution in [0, 0.1) is 6.92 Å². The van der Waals surface area contributed by atoms with E-state index in [1.807, 2.05) is 0 Å². The van der Waals surface area contributed by atoms with Crippen LogP contribution in [0.15, 0.2) is 5.03 Å². The molecule has 1 unspecified atom stereocenters. The largest absolute Gasteiger partial charge is 0.493 e. The number of aromatic hydroxyl groups is 1. The lowest BCUT2D eigenvalue weighted by molar-refractivity contribution is -0.146. The second kappa shape index (κ2) is 4.86. The van der Waals surface area contributed by atoms with Crippen LogP contribution in [0.5, 0.6) is 5.88 Å². The molecule has 9 heteroatoms. The lowest BCUT2D eigenvalue weighted by Gasteiger charge is -2.15. The van der Waals surface area contributed by atoms with Gasteiger partial charge in [0.2, 0.25) is 5.88 Å². The molecule has 0 aliphatic heterocycles. The van der Waals surface area contributed by atoms with E-state index in [0.29, 0.717) is 0 Å². The molecule has 100 valence electrons. The highest BCUT2D eigenvalue weighted by Crippen LogP contribution is 2.30. The fourth-order valence-electron chi connectivity index (χ4n) is 1.40. The third-order valence-electron chi connectivity index (χ3n) is 2.00. The molecule has 0 amide bonds. The van der Waals surface area contributed by atoms with Crippen molar-refractivity contribution in [3.63, 3.8) is 0 Å². The van der Waals surface area contributed by atoms with Crippen LogP contribution < -0.4 is 0 Å². The quantitative estimate of drug-likeness (QED) is 0.460. The molecule has 1 aromatic heterocycles. The summed E-state index contributed by atoms with van der Waals surface area (Å²) >= 11 is 0. The van der Waals surface area contributed by atoms with Crippen molar-refractivity contribution < 1.29 is 27.6 Å². The molecule has 0 aliphatic rings. The first-order chi connectivity index (χ1) is 8.12. The van der Waals surface area contributed by atoms with E-state index in [9.17, 15) is 18.3 Å². The number of hydrogen-bond donors (Lipinski definition) is 2. The molecule has 0 aromatic carbocycles. The van der Waals surface area contributed by atoms with Gasteiger partial charge in [-0.05, 0) is 13.8 Å². The van der Waals surface area contributed by atoms with Crippen LogP contribution in [0.2, 0.25) is 0 Å². The average Bonchev–Trinajstić information content (AvgIpc) is 2.12. The molecule has 0 aliphatic carbocycles. The number of carbonyl (C=O) groups excluding carboxylic acids is 1. The maximum absolute atomic E-state index is 11.2. The molecule has 2 N–H and O–H groups in total. The van der Waals surface area contributed by atoms with E-state index in [2.05, 4.69) is 9.97 Å². The number of ether oxygens (including phenoxy) is 1. The zero-order valence-corrected chi connectivity index (χ0v) is 10.7. The molecule has 18 heavy (non-hydrogen) atoms. The van der Waals surface area contributed by atoms with Crippen molar-refractivity contribution in [3.05, 3.63) is 11.4 Å². The van der Waals surface area contributed by atoms with Gasteiger partial charge in [-0.1, -0.05) is 0 Å². The number of aromatic nitrogens is 2. The van der Waals surface area contributed by atoms with E-state index >= 15 is 0 Å². The summed E-state index contributed by atoms with van der Waals surface area (Å²) in [7, 11) is -4.66. The van der Waals surface area contributed by atoms with Crippen molar-refractivity contribution in [2.24, 2.45) is 0 Å². The molecule has 0 saturated heterocycles. The summed E-state index contributed by atoms with van der Waals surface area (Å²) in [5, 5.41) is 8.82. The first-order valence-electron chi connectivity index (χ1n) is 4.85. The van der Waals surface area contributed by atoms with Gasteiger partial charge in [0.25, 0.3) is 0 Å². The van der Waals surface area contributed by atoms with Gasteiger partial charge in [0, 0.05) is 6.92 Å². The maximum Gasteiger partial charge on any atom is 0.312 e. The van der Waals surface area contributed by atoms with Crippen LogP contribution in [0.25, 0.3) is 0 Å². The fourth-order valence-corrected chi connectivity index (χ4v) is 2.18. The Hall–Kier alpha value is -1.74. The van der Waals surface area contributed by atoms with Crippen LogP contribution in [-0.4, -0.2) is 34.0 Å². The van der Waals surface area contributed by atoms with Crippen molar-refractivity contribution >= 4 is 16.1 Å². The van der Waals surface area contributed by atoms with Gasteiger partial charge in [0.1, 0.15) is 11.9 Å². The van der Waals surface area contributed by atoms with E-state index in [0.717, 1.165) is 6.92 Å². The van der Waals surface area contributed by atoms with Crippen molar-refractivity contribution in [2.75, 3.05) is 0 Å². The number of hydrogen-bond acceptors (Lipinski definition) is 7. The number of carbonyl (C=O) groups is 1. The molecule has 1 aromatic rings. The van der Waals surface area contributed by atoms with Gasteiger partial charge in [-0.15, -0.1) is 0 Å². The molecule has 1 rings (SSSR count). The van der Waals surface area contributed by atoms with Gasteiger partial charge in [-0.3, -0.25) is 9.35 Å². The van der Waals surface area contributed by atoms with Crippen LogP contribution in [0.1, 0.15) is 31.3 Å². The summed E-state index contributed by atoms with van der Waals surface area (Å²) in [4.78, 5) is 17.9. The number of nitrogens with zero attached hydrogens (tertiary/aromatic N) is 2. The van der Waals surface area contributed by atoms with E-state index in [4.69, 9.17) is 9.29 Å². The van der Waals surface area contributed by atoms with Gasteiger partial charge in [0.05, 0.1) is 5.56 Å². The molecule has 1 heterocycles. The third kappa shape index (κ3) is 3.14. The summed E-state index contributed by atoms with van der Waals surface area (Å²) in [6, 6.07) is 0. The molecule has 0 saturated carbocycles. The summed E-state index contributed by atoms with van der Waals surface area (Å²) < 4.78 is 36.1. The Morgan fingerprint density at radius 3 is 2.39 bits per heavy atom. The molecule has 0 spiro atoms. The van der Waals surface area contributed by atoms with E-state index in [1.54, 1.807) is 0 Å². The summed E-state index contributed by atoms with van der Waals surface area (Å²) in [5.41, 5.74) is -0.363. The average molecular weight is 276 g/mol. The minimum absolute atomic E-state index is 0.0427. The Morgan fingerprint density at radius 2 is 1.94 bits per heavy atom. The Kier molecular flexibility index (Phi) is 3.87. The normalized spacial score (nSPS) is 13.1. The highest BCUT2D eigenvalue weighted by molar-refractivity contribution is 7.85. The Labute approximate surface area is 103 Å². The minimum Gasteiger partial charge on any atom is -0.493 e. The van der Waals surface area contributed by atoms with Gasteiger partial charge >= 0.3 is 16.1 Å². The second-order valence-corrected chi connectivity index (χ2v) is 4.88. The highest BCUT2D eigenvalue weighted by Gasteiger charge is 2.28. The topological polar surface area (TPSA) is 127 Å². The standard InChI is InChI=1S/C9H12N2O6S/c1-4(17-6(3)12)7-8(13)10-5(2)11-9(7)18(14,15)16/h4H,1-3H3,(H,10,11,13)(H,14,15,16). The molecular formula is C9H12N2O6S. The van der Waals surface area contributed by atoms with Crippen molar-refractivity contribution in [3.8, 4) is 5.88 Å². The molecule has 1 atom stereocenters. The number of esters is 1. The zero-order chi connectivity index (χ0) is 14.1. The van der Waals surface area contributed by atoms with Crippen LogP contribution >= 0.6 is 0 Å². The SMILES string of the molecule is CC(=O)OC(C)c1c(O)nc(C)nc1S(=O)(=O)O. The van der Waals surface area contributed by atoms with Crippen molar-refractivity contribution in [1.29, 1.82) is 0 Å². The lowest BCUT2D eigenvalue weighted by Crippen LogP contribution is -2.14. The van der Waals surface area contributed by atoms with E-state index in [1.165, 1.54) is 13.8 Å². The predicted molar refractivity (Wildman–Crippen MR) is 58.4 cm³/mol. The van der Waals surface area contributed by atoms with Gasteiger partial charge < -0.3 is 9.84 Å². The number of aryl methyl sites for hydroxylation is 1. The Bertz CT molecular complexity index is 583.